The maximum Gasteiger partial charge on any atom is 0.264 e. The molecule has 7 nitrogen and oxygen atoms in total. The lowest BCUT2D eigenvalue weighted by Gasteiger charge is -2.10. The second kappa shape index (κ2) is 4.73. The quantitative estimate of drug-likeness (QED) is 0.567. The molecule has 100 valence electrons. The van der Waals surface area contributed by atoms with Crippen molar-refractivity contribution in [1.29, 1.82) is 0 Å². The normalized spacial score (nSPS) is 11.2. The molecule has 2 rings (SSSR count). The Bertz CT molecular complexity index is 701. The highest BCUT2D eigenvalue weighted by Gasteiger charge is 2.19. The number of aryl methyl sites for hydroxylation is 1. The van der Waals surface area contributed by atoms with Crippen LogP contribution in [-0.2, 0) is 10.0 Å². The number of phenols is 1. The Morgan fingerprint density at radius 3 is 2.53 bits per heavy atom. The smallest absolute Gasteiger partial charge is 0.264 e. The molecular formula is C11H12N4O3S. The van der Waals surface area contributed by atoms with Crippen LogP contribution in [0, 0.1) is 6.92 Å². The zero-order valence-corrected chi connectivity index (χ0v) is 10.8. The predicted molar refractivity (Wildman–Crippen MR) is 70.1 cm³/mol. The molecule has 1 heterocycles. The zero-order valence-electron chi connectivity index (χ0n) is 10.0. The van der Waals surface area contributed by atoms with E-state index in [2.05, 4.69) is 14.7 Å². The Morgan fingerprint density at radius 1 is 1.26 bits per heavy atom. The van der Waals surface area contributed by atoms with Crippen molar-refractivity contribution in [2.24, 2.45) is 0 Å². The second-order valence-electron chi connectivity index (χ2n) is 3.85. The summed E-state index contributed by atoms with van der Waals surface area (Å²) in [6.45, 7) is 1.56. The lowest BCUT2D eigenvalue weighted by atomic mass is 10.2. The van der Waals surface area contributed by atoms with Crippen LogP contribution in [0.1, 0.15) is 5.56 Å². The molecule has 0 spiro atoms. The number of phenolic OH excluding ortho intramolecular Hbond substituents is 1. The third-order valence-electron chi connectivity index (χ3n) is 2.41. The summed E-state index contributed by atoms with van der Waals surface area (Å²) in [5, 5.41) is 9.42. The number of nitrogens with two attached hydrogens (primary N) is 1. The maximum atomic E-state index is 12.2. The monoisotopic (exact) mass is 280 g/mol. The number of benzene rings is 1. The first-order valence-electron chi connectivity index (χ1n) is 5.29. The average Bonchev–Trinajstić information content (AvgIpc) is 2.34. The minimum Gasteiger partial charge on any atom is -0.506 e. The summed E-state index contributed by atoms with van der Waals surface area (Å²) in [7, 11) is -3.85. The van der Waals surface area contributed by atoms with Gasteiger partial charge in [-0.15, -0.1) is 0 Å². The van der Waals surface area contributed by atoms with E-state index in [1.807, 2.05) is 0 Å². The second-order valence-corrected chi connectivity index (χ2v) is 5.51. The van der Waals surface area contributed by atoms with E-state index >= 15 is 0 Å². The molecule has 0 amide bonds. The molecule has 19 heavy (non-hydrogen) atoms. The van der Waals surface area contributed by atoms with Gasteiger partial charge >= 0.3 is 0 Å². The van der Waals surface area contributed by atoms with E-state index in [0.29, 0.717) is 5.56 Å². The van der Waals surface area contributed by atoms with Crippen LogP contribution in [0.5, 0.6) is 5.75 Å². The first-order chi connectivity index (χ1) is 8.90. The molecule has 0 radical (unpaired) electrons. The fraction of sp³-hybridized carbons (Fsp3) is 0.0909. The van der Waals surface area contributed by atoms with Crippen molar-refractivity contribution in [2.45, 2.75) is 11.8 Å². The first-order valence-corrected chi connectivity index (χ1v) is 6.77. The van der Waals surface area contributed by atoms with E-state index in [9.17, 15) is 13.5 Å². The standard InChI is InChI=1S/C11H12N4O3S/c1-7-5-9(16)8(12)6-10(7)19(17,18)15-11-13-3-2-4-14-11/h2-6,16H,12H2,1H3,(H,13,14,15). The van der Waals surface area contributed by atoms with Gasteiger partial charge in [0.2, 0.25) is 5.95 Å². The number of aromatic nitrogens is 2. The van der Waals surface area contributed by atoms with Crippen LogP contribution in [0.2, 0.25) is 0 Å². The van der Waals surface area contributed by atoms with E-state index in [1.165, 1.54) is 24.5 Å². The van der Waals surface area contributed by atoms with Gasteiger partial charge in [-0.3, -0.25) is 0 Å². The molecule has 0 bridgehead atoms. The molecule has 8 heteroatoms. The molecule has 4 N–H and O–H groups in total. The summed E-state index contributed by atoms with van der Waals surface area (Å²) in [6.07, 6.45) is 2.84. The minimum absolute atomic E-state index is 0.0139. The van der Waals surface area contributed by atoms with Gasteiger partial charge in [-0.2, -0.15) is 0 Å². The first kappa shape index (κ1) is 13.1. The van der Waals surface area contributed by atoms with Gasteiger partial charge in [-0.1, -0.05) is 0 Å². The summed E-state index contributed by atoms with van der Waals surface area (Å²) in [5.41, 5.74) is 5.86. The van der Waals surface area contributed by atoms with Gasteiger partial charge in [0, 0.05) is 12.4 Å². The summed E-state index contributed by atoms with van der Waals surface area (Å²) >= 11 is 0. The SMILES string of the molecule is Cc1cc(O)c(N)cc1S(=O)(=O)Nc1ncccn1. The molecular weight excluding hydrogens is 268 g/mol. The molecule has 0 unspecified atom stereocenters. The minimum atomic E-state index is -3.85. The van der Waals surface area contributed by atoms with Crippen molar-refractivity contribution < 1.29 is 13.5 Å². The average molecular weight is 280 g/mol. The summed E-state index contributed by atoms with van der Waals surface area (Å²) in [6, 6.07) is 4.05. The van der Waals surface area contributed by atoms with Crippen molar-refractivity contribution in [3.05, 3.63) is 36.2 Å². The van der Waals surface area contributed by atoms with Crippen LogP contribution in [-0.4, -0.2) is 23.5 Å². The van der Waals surface area contributed by atoms with Crippen molar-refractivity contribution in [1.82, 2.24) is 9.97 Å². The Hall–Kier alpha value is -2.35. The maximum absolute atomic E-state index is 12.2. The highest BCUT2D eigenvalue weighted by Crippen LogP contribution is 2.27. The number of hydrogen-bond donors (Lipinski definition) is 3. The van der Waals surface area contributed by atoms with E-state index in [1.54, 1.807) is 13.0 Å². The van der Waals surface area contributed by atoms with Gasteiger partial charge in [0.15, 0.2) is 0 Å². The third-order valence-corrected chi connectivity index (χ3v) is 3.88. The van der Waals surface area contributed by atoms with Gasteiger partial charge < -0.3 is 10.8 Å². The van der Waals surface area contributed by atoms with E-state index in [4.69, 9.17) is 5.73 Å². The van der Waals surface area contributed by atoms with Gasteiger partial charge in [-0.05, 0) is 30.7 Å². The van der Waals surface area contributed by atoms with Crippen molar-refractivity contribution in [3.63, 3.8) is 0 Å². The molecule has 0 aliphatic rings. The predicted octanol–water partition coefficient (Wildman–Crippen LogP) is 0.874. The van der Waals surface area contributed by atoms with E-state index in [0.717, 1.165) is 0 Å². The molecule has 1 aromatic carbocycles. The van der Waals surface area contributed by atoms with Crippen LogP contribution in [0.25, 0.3) is 0 Å². The molecule has 0 saturated heterocycles. The Balaban J connectivity index is 2.43. The number of aromatic hydroxyl groups is 1. The Labute approximate surface area is 110 Å². The zero-order chi connectivity index (χ0) is 14.0. The summed E-state index contributed by atoms with van der Waals surface area (Å²) in [5.74, 6) is -0.194. The topological polar surface area (TPSA) is 118 Å². The Kier molecular flexibility index (Phi) is 3.26. The number of hydrogen-bond acceptors (Lipinski definition) is 6. The summed E-state index contributed by atoms with van der Waals surface area (Å²) in [4.78, 5) is 7.52. The molecule has 0 aliphatic carbocycles. The number of sulfonamides is 1. The fourth-order valence-electron chi connectivity index (χ4n) is 1.51. The molecule has 0 aliphatic heterocycles. The summed E-state index contributed by atoms with van der Waals surface area (Å²) < 4.78 is 26.6. The van der Waals surface area contributed by atoms with Crippen molar-refractivity contribution in [3.8, 4) is 5.75 Å². The fourth-order valence-corrected chi connectivity index (χ4v) is 2.73. The number of nitrogens with one attached hydrogen (secondary N) is 1. The lowest BCUT2D eigenvalue weighted by molar-refractivity contribution is 0.477. The largest absolute Gasteiger partial charge is 0.506 e. The molecule has 0 fully saturated rings. The van der Waals surface area contributed by atoms with Crippen molar-refractivity contribution in [2.75, 3.05) is 10.5 Å². The number of anilines is 2. The van der Waals surface area contributed by atoms with Crippen LogP contribution in [0.3, 0.4) is 0 Å². The third kappa shape index (κ3) is 2.74. The molecule has 2 aromatic rings. The van der Waals surface area contributed by atoms with Crippen molar-refractivity contribution >= 4 is 21.7 Å². The molecule has 0 atom stereocenters. The Morgan fingerprint density at radius 2 is 1.89 bits per heavy atom. The number of nitrogens with zero attached hydrogens (tertiary/aromatic N) is 2. The van der Waals surface area contributed by atoms with Crippen LogP contribution in [0.4, 0.5) is 11.6 Å². The molecule has 1 aromatic heterocycles. The van der Waals surface area contributed by atoms with Crippen LogP contribution in [0.15, 0.2) is 35.5 Å². The van der Waals surface area contributed by atoms with Gasteiger partial charge in [0.1, 0.15) is 5.75 Å². The van der Waals surface area contributed by atoms with Crippen LogP contribution >= 0.6 is 0 Å². The van der Waals surface area contributed by atoms with Gasteiger partial charge in [0.25, 0.3) is 10.0 Å². The number of nitrogen functional groups attached to an aromatic ring is 1. The van der Waals surface area contributed by atoms with Crippen LogP contribution < -0.4 is 10.5 Å². The lowest BCUT2D eigenvalue weighted by Crippen LogP contribution is -2.16. The van der Waals surface area contributed by atoms with Gasteiger partial charge in [0.05, 0.1) is 10.6 Å². The highest BCUT2D eigenvalue weighted by molar-refractivity contribution is 7.92. The van der Waals surface area contributed by atoms with E-state index in [-0.39, 0.29) is 22.3 Å². The number of rotatable bonds is 3. The van der Waals surface area contributed by atoms with Gasteiger partial charge in [-0.25, -0.2) is 23.1 Å². The van der Waals surface area contributed by atoms with E-state index < -0.39 is 10.0 Å². The molecule has 0 saturated carbocycles. The highest BCUT2D eigenvalue weighted by atomic mass is 32.2.